The van der Waals surface area contributed by atoms with Gasteiger partial charge in [-0.3, -0.25) is 4.79 Å². The molecule has 0 bridgehead atoms. The first-order valence-electron chi connectivity index (χ1n) is 6.65. The Morgan fingerprint density at radius 3 is 2.71 bits per heavy atom. The first kappa shape index (κ1) is 13.4. The van der Waals surface area contributed by atoms with E-state index in [9.17, 15) is 14.7 Å². The lowest BCUT2D eigenvalue weighted by Crippen LogP contribution is -2.28. The average Bonchev–Trinajstić information content (AvgIpc) is 3.23. The number of benzene rings is 1. The largest absolute Gasteiger partial charge is 0.478 e. The van der Waals surface area contributed by atoms with Crippen LogP contribution in [0.1, 0.15) is 45.4 Å². The van der Waals surface area contributed by atoms with Gasteiger partial charge >= 0.3 is 5.97 Å². The van der Waals surface area contributed by atoms with Crippen LogP contribution in [0.4, 0.5) is 5.69 Å². The maximum absolute atomic E-state index is 12.4. The molecule has 1 aliphatic rings. The summed E-state index contributed by atoms with van der Waals surface area (Å²) in [7, 11) is 1.52. The van der Waals surface area contributed by atoms with Crippen molar-refractivity contribution in [3.05, 3.63) is 47.3 Å². The van der Waals surface area contributed by atoms with Crippen molar-refractivity contribution in [1.82, 2.24) is 5.16 Å². The van der Waals surface area contributed by atoms with Gasteiger partial charge in [-0.15, -0.1) is 0 Å². The number of carbonyl (C=O) groups is 2. The quantitative estimate of drug-likeness (QED) is 0.933. The Morgan fingerprint density at radius 2 is 2.05 bits per heavy atom. The van der Waals surface area contributed by atoms with Crippen LogP contribution < -0.4 is 4.90 Å². The van der Waals surface area contributed by atoms with Crippen molar-refractivity contribution >= 4 is 17.6 Å². The van der Waals surface area contributed by atoms with Crippen LogP contribution in [0, 0.1) is 0 Å². The lowest BCUT2D eigenvalue weighted by molar-refractivity contribution is 0.0697. The third kappa shape index (κ3) is 2.52. The summed E-state index contributed by atoms with van der Waals surface area (Å²) in [6, 6.07) is 7.99. The molecule has 0 saturated heterocycles. The van der Waals surface area contributed by atoms with Crippen LogP contribution in [0.15, 0.2) is 34.9 Å². The van der Waals surface area contributed by atoms with E-state index in [4.69, 9.17) is 4.52 Å². The van der Waals surface area contributed by atoms with Gasteiger partial charge in [0.2, 0.25) is 0 Å². The molecule has 0 atom stereocenters. The number of carboxylic acids is 1. The Bertz CT molecular complexity index is 703. The topological polar surface area (TPSA) is 83.6 Å². The highest BCUT2D eigenvalue weighted by Gasteiger charge is 2.30. The van der Waals surface area contributed by atoms with Gasteiger partial charge in [-0.25, -0.2) is 4.79 Å². The van der Waals surface area contributed by atoms with Gasteiger partial charge in [-0.2, -0.15) is 0 Å². The van der Waals surface area contributed by atoms with E-state index in [-0.39, 0.29) is 17.2 Å². The zero-order chi connectivity index (χ0) is 15.0. The smallest absolute Gasteiger partial charge is 0.337 e. The van der Waals surface area contributed by atoms with E-state index >= 15 is 0 Å². The monoisotopic (exact) mass is 286 g/mol. The van der Waals surface area contributed by atoms with E-state index < -0.39 is 5.97 Å². The van der Waals surface area contributed by atoms with Gasteiger partial charge in [0.1, 0.15) is 5.76 Å². The number of anilines is 1. The van der Waals surface area contributed by atoms with Crippen molar-refractivity contribution < 1.29 is 19.2 Å². The lowest BCUT2D eigenvalue weighted by atomic mass is 10.1. The molecular formula is C15H14N2O4. The highest BCUT2D eigenvalue weighted by molar-refractivity contribution is 6.08. The molecule has 0 spiro atoms. The highest BCUT2D eigenvalue weighted by atomic mass is 16.5. The molecular weight excluding hydrogens is 272 g/mol. The van der Waals surface area contributed by atoms with E-state index in [1.807, 2.05) is 0 Å². The van der Waals surface area contributed by atoms with Crippen molar-refractivity contribution in [3.8, 4) is 0 Å². The van der Waals surface area contributed by atoms with Crippen LogP contribution >= 0.6 is 0 Å². The summed E-state index contributed by atoms with van der Waals surface area (Å²) in [5, 5.41) is 13.0. The number of aromatic carboxylic acids is 1. The number of amides is 1. The minimum Gasteiger partial charge on any atom is -0.478 e. The third-order valence-corrected chi connectivity index (χ3v) is 3.53. The van der Waals surface area contributed by atoms with Crippen LogP contribution in [-0.4, -0.2) is 29.2 Å². The standard InChI is InChI=1S/C15H14N2O4/c1-17(12-5-3-2-4-10(12)15(19)20)14(18)11-8-13(21-16-11)9-6-7-9/h2-5,8-9H,6-7H2,1H3,(H,19,20). The summed E-state index contributed by atoms with van der Waals surface area (Å²) >= 11 is 0. The van der Waals surface area contributed by atoms with Crippen LogP contribution in [0.3, 0.4) is 0 Å². The molecule has 1 aromatic heterocycles. The summed E-state index contributed by atoms with van der Waals surface area (Å²) in [4.78, 5) is 24.9. The highest BCUT2D eigenvalue weighted by Crippen LogP contribution is 2.40. The number of para-hydroxylation sites is 1. The fraction of sp³-hybridized carbons (Fsp3) is 0.267. The summed E-state index contributed by atoms with van der Waals surface area (Å²) in [6.07, 6.45) is 2.11. The summed E-state index contributed by atoms with van der Waals surface area (Å²) in [5.74, 6) is -0.377. The van der Waals surface area contributed by atoms with E-state index in [2.05, 4.69) is 5.16 Å². The molecule has 1 fully saturated rings. The number of aromatic nitrogens is 1. The number of carboxylic acid groups (broad SMARTS) is 1. The Kier molecular flexibility index (Phi) is 3.21. The molecule has 1 N–H and O–H groups in total. The van der Waals surface area contributed by atoms with Crippen LogP contribution in [-0.2, 0) is 0 Å². The van der Waals surface area contributed by atoms with Gasteiger partial charge in [-0.1, -0.05) is 17.3 Å². The fourth-order valence-electron chi connectivity index (χ4n) is 2.18. The first-order chi connectivity index (χ1) is 10.1. The fourth-order valence-corrected chi connectivity index (χ4v) is 2.18. The van der Waals surface area contributed by atoms with Gasteiger partial charge in [0.25, 0.3) is 5.91 Å². The van der Waals surface area contributed by atoms with Gasteiger partial charge in [0, 0.05) is 19.0 Å². The zero-order valence-corrected chi connectivity index (χ0v) is 11.4. The van der Waals surface area contributed by atoms with Crippen molar-refractivity contribution in [3.63, 3.8) is 0 Å². The van der Waals surface area contributed by atoms with Crippen molar-refractivity contribution in [2.75, 3.05) is 11.9 Å². The Labute approximate surface area is 121 Å². The van der Waals surface area contributed by atoms with Gasteiger partial charge in [0.05, 0.1) is 11.3 Å². The molecule has 0 unspecified atom stereocenters. The number of hydrogen-bond acceptors (Lipinski definition) is 4. The molecule has 1 heterocycles. The second-order valence-corrected chi connectivity index (χ2v) is 5.08. The van der Waals surface area contributed by atoms with Crippen molar-refractivity contribution in [2.45, 2.75) is 18.8 Å². The molecule has 108 valence electrons. The normalized spacial score (nSPS) is 14.0. The summed E-state index contributed by atoms with van der Waals surface area (Å²) < 4.78 is 5.16. The van der Waals surface area contributed by atoms with E-state index in [0.29, 0.717) is 11.6 Å². The van der Waals surface area contributed by atoms with Crippen molar-refractivity contribution in [2.24, 2.45) is 0 Å². The third-order valence-electron chi connectivity index (χ3n) is 3.53. The Morgan fingerprint density at radius 1 is 1.33 bits per heavy atom. The van der Waals surface area contributed by atoms with Crippen LogP contribution in [0.5, 0.6) is 0 Å². The van der Waals surface area contributed by atoms with Crippen LogP contribution in [0.2, 0.25) is 0 Å². The summed E-state index contributed by atoms with van der Waals surface area (Å²) in [5.41, 5.74) is 0.588. The molecule has 1 aliphatic carbocycles. The molecule has 21 heavy (non-hydrogen) atoms. The molecule has 1 aromatic carbocycles. The minimum absolute atomic E-state index is 0.0688. The molecule has 6 heteroatoms. The maximum Gasteiger partial charge on any atom is 0.337 e. The minimum atomic E-state index is -1.08. The molecule has 0 aliphatic heterocycles. The molecule has 3 rings (SSSR count). The van der Waals surface area contributed by atoms with Gasteiger partial charge in [0.15, 0.2) is 5.69 Å². The SMILES string of the molecule is CN(C(=O)c1cc(C2CC2)on1)c1ccccc1C(=O)O. The number of hydrogen-bond donors (Lipinski definition) is 1. The summed E-state index contributed by atoms with van der Waals surface area (Å²) in [6.45, 7) is 0. The van der Waals surface area contributed by atoms with E-state index in [0.717, 1.165) is 18.6 Å². The van der Waals surface area contributed by atoms with Crippen molar-refractivity contribution in [1.29, 1.82) is 0 Å². The van der Waals surface area contributed by atoms with E-state index in [1.54, 1.807) is 24.3 Å². The van der Waals surface area contributed by atoms with Crippen LogP contribution in [0.25, 0.3) is 0 Å². The lowest BCUT2D eigenvalue weighted by Gasteiger charge is -2.17. The zero-order valence-electron chi connectivity index (χ0n) is 11.4. The molecule has 2 aromatic rings. The maximum atomic E-state index is 12.4. The predicted octanol–water partition coefficient (Wildman–Crippen LogP) is 2.53. The van der Waals surface area contributed by atoms with E-state index in [1.165, 1.54) is 18.0 Å². The average molecular weight is 286 g/mol. The predicted molar refractivity (Wildman–Crippen MR) is 74.6 cm³/mol. The number of carbonyl (C=O) groups excluding carboxylic acids is 1. The Balaban J connectivity index is 1.88. The molecule has 1 saturated carbocycles. The second kappa shape index (κ2) is 5.05. The molecule has 1 amide bonds. The van der Waals surface area contributed by atoms with Gasteiger partial charge in [-0.05, 0) is 25.0 Å². The second-order valence-electron chi connectivity index (χ2n) is 5.08. The molecule has 0 radical (unpaired) electrons. The first-order valence-corrected chi connectivity index (χ1v) is 6.65. The van der Waals surface area contributed by atoms with Gasteiger partial charge < -0.3 is 14.5 Å². The Hall–Kier alpha value is -2.63. The number of rotatable bonds is 4. The number of nitrogens with zero attached hydrogens (tertiary/aromatic N) is 2. The molecule has 6 nitrogen and oxygen atoms in total.